The SMILES string of the molecule is CCNC(=NCCCN1CCCN(C)CC1)N1CCC2(CCC2)C1. The van der Waals surface area contributed by atoms with Crippen LogP contribution in [0.15, 0.2) is 4.99 Å². The average Bonchev–Trinajstić information content (AvgIpc) is 2.91. The van der Waals surface area contributed by atoms with E-state index >= 15 is 0 Å². The monoisotopic (exact) mass is 335 g/mol. The van der Waals surface area contributed by atoms with Gasteiger partial charge in [-0.3, -0.25) is 4.99 Å². The van der Waals surface area contributed by atoms with Crippen LogP contribution in [-0.4, -0.2) is 86.6 Å². The lowest BCUT2D eigenvalue weighted by Crippen LogP contribution is -2.42. The highest BCUT2D eigenvalue weighted by molar-refractivity contribution is 5.80. The Balaban J connectivity index is 1.42. The summed E-state index contributed by atoms with van der Waals surface area (Å²) in [7, 11) is 2.24. The molecule has 1 spiro atoms. The molecule has 3 aliphatic rings. The number of nitrogens with one attached hydrogen (secondary N) is 1. The predicted molar refractivity (Wildman–Crippen MR) is 102 cm³/mol. The van der Waals surface area contributed by atoms with E-state index in [1.807, 2.05) is 0 Å². The van der Waals surface area contributed by atoms with Crippen molar-refractivity contribution < 1.29 is 0 Å². The smallest absolute Gasteiger partial charge is 0.193 e. The van der Waals surface area contributed by atoms with E-state index in [1.54, 1.807) is 0 Å². The van der Waals surface area contributed by atoms with Gasteiger partial charge < -0.3 is 20.0 Å². The summed E-state index contributed by atoms with van der Waals surface area (Å²) in [5.74, 6) is 1.16. The van der Waals surface area contributed by atoms with Crippen molar-refractivity contribution in [3.8, 4) is 0 Å². The summed E-state index contributed by atoms with van der Waals surface area (Å²) >= 11 is 0. The van der Waals surface area contributed by atoms with Crippen LogP contribution < -0.4 is 5.32 Å². The van der Waals surface area contributed by atoms with Gasteiger partial charge in [0.25, 0.3) is 0 Å². The second-order valence-corrected chi connectivity index (χ2v) is 8.11. The average molecular weight is 336 g/mol. The molecule has 2 saturated heterocycles. The first kappa shape index (κ1) is 18.0. The van der Waals surface area contributed by atoms with Crippen molar-refractivity contribution in [1.29, 1.82) is 0 Å². The largest absolute Gasteiger partial charge is 0.357 e. The maximum Gasteiger partial charge on any atom is 0.193 e. The first-order valence-electron chi connectivity index (χ1n) is 10.1. The molecule has 2 aliphatic heterocycles. The van der Waals surface area contributed by atoms with Crippen LogP contribution in [0.3, 0.4) is 0 Å². The summed E-state index contributed by atoms with van der Waals surface area (Å²) in [5.41, 5.74) is 0.647. The Kier molecular flexibility index (Phi) is 6.39. The number of likely N-dealkylation sites (N-methyl/N-ethyl adjacent to an activating group) is 1. The van der Waals surface area contributed by atoms with E-state index in [0.29, 0.717) is 5.41 Å². The van der Waals surface area contributed by atoms with Crippen LogP contribution in [0.25, 0.3) is 0 Å². The summed E-state index contributed by atoms with van der Waals surface area (Å²) in [6, 6.07) is 0. The lowest BCUT2D eigenvalue weighted by atomic mass is 9.68. The number of likely N-dealkylation sites (tertiary alicyclic amines) is 1. The van der Waals surface area contributed by atoms with E-state index < -0.39 is 0 Å². The number of rotatable bonds is 5. The van der Waals surface area contributed by atoms with Gasteiger partial charge in [0, 0.05) is 39.3 Å². The molecule has 3 fully saturated rings. The Labute approximate surface area is 148 Å². The van der Waals surface area contributed by atoms with Gasteiger partial charge in [-0.05, 0) is 71.1 Å². The van der Waals surface area contributed by atoms with E-state index in [-0.39, 0.29) is 0 Å². The molecule has 2 heterocycles. The van der Waals surface area contributed by atoms with Crippen LogP contribution in [0.2, 0.25) is 0 Å². The quantitative estimate of drug-likeness (QED) is 0.472. The summed E-state index contributed by atoms with van der Waals surface area (Å²) in [4.78, 5) is 12.5. The molecule has 138 valence electrons. The number of nitrogens with zero attached hydrogens (tertiary/aromatic N) is 4. The van der Waals surface area contributed by atoms with Gasteiger partial charge >= 0.3 is 0 Å². The number of guanidine groups is 1. The van der Waals surface area contributed by atoms with E-state index in [0.717, 1.165) is 19.0 Å². The molecule has 5 nitrogen and oxygen atoms in total. The Hall–Kier alpha value is -0.810. The van der Waals surface area contributed by atoms with Crippen LogP contribution in [0.1, 0.15) is 45.4 Å². The highest BCUT2D eigenvalue weighted by Crippen LogP contribution is 2.47. The molecule has 3 rings (SSSR count). The zero-order valence-electron chi connectivity index (χ0n) is 15.9. The number of hydrogen-bond acceptors (Lipinski definition) is 3. The van der Waals surface area contributed by atoms with Gasteiger partial charge in [0.05, 0.1) is 0 Å². The molecule has 0 radical (unpaired) electrons. The maximum absolute atomic E-state index is 4.94. The molecule has 24 heavy (non-hydrogen) atoms. The van der Waals surface area contributed by atoms with Gasteiger partial charge in [-0.2, -0.15) is 0 Å². The zero-order valence-corrected chi connectivity index (χ0v) is 15.9. The van der Waals surface area contributed by atoms with Crippen LogP contribution in [0.5, 0.6) is 0 Å². The molecular weight excluding hydrogens is 298 g/mol. The summed E-state index contributed by atoms with van der Waals surface area (Å²) in [6.45, 7) is 12.7. The third-order valence-electron chi connectivity index (χ3n) is 6.19. The molecule has 0 atom stereocenters. The third kappa shape index (κ3) is 4.63. The molecule has 1 aliphatic carbocycles. The molecule has 1 saturated carbocycles. The predicted octanol–water partition coefficient (Wildman–Crippen LogP) is 1.86. The summed E-state index contributed by atoms with van der Waals surface area (Å²) in [6.07, 6.45) is 8.17. The topological polar surface area (TPSA) is 34.1 Å². The third-order valence-corrected chi connectivity index (χ3v) is 6.19. The maximum atomic E-state index is 4.94. The second-order valence-electron chi connectivity index (χ2n) is 8.11. The molecule has 0 unspecified atom stereocenters. The lowest BCUT2D eigenvalue weighted by molar-refractivity contribution is 0.151. The Morgan fingerprint density at radius 1 is 1.04 bits per heavy atom. The highest BCUT2D eigenvalue weighted by atomic mass is 15.3. The minimum absolute atomic E-state index is 0.647. The molecule has 0 aromatic rings. The van der Waals surface area contributed by atoms with Crippen molar-refractivity contribution in [1.82, 2.24) is 20.0 Å². The molecule has 0 aromatic carbocycles. The Bertz CT molecular complexity index is 418. The van der Waals surface area contributed by atoms with Crippen LogP contribution in [-0.2, 0) is 0 Å². The van der Waals surface area contributed by atoms with E-state index in [1.165, 1.54) is 84.3 Å². The van der Waals surface area contributed by atoms with Crippen molar-refractivity contribution >= 4 is 5.96 Å². The van der Waals surface area contributed by atoms with Crippen LogP contribution in [0.4, 0.5) is 0 Å². The molecule has 0 amide bonds. The summed E-state index contributed by atoms with van der Waals surface area (Å²) < 4.78 is 0. The van der Waals surface area contributed by atoms with Gasteiger partial charge in [-0.25, -0.2) is 0 Å². The minimum Gasteiger partial charge on any atom is -0.357 e. The van der Waals surface area contributed by atoms with Crippen molar-refractivity contribution in [3.05, 3.63) is 0 Å². The summed E-state index contributed by atoms with van der Waals surface area (Å²) in [5, 5.41) is 3.52. The number of aliphatic imine (C=N–C) groups is 1. The molecular formula is C19H37N5. The Morgan fingerprint density at radius 2 is 1.92 bits per heavy atom. The molecule has 1 N–H and O–H groups in total. The van der Waals surface area contributed by atoms with Crippen molar-refractivity contribution in [2.45, 2.75) is 45.4 Å². The fraction of sp³-hybridized carbons (Fsp3) is 0.947. The fourth-order valence-electron chi connectivity index (χ4n) is 4.43. The first-order valence-corrected chi connectivity index (χ1v) is 10.1. The Morgan fingerprint density at radius 3 is 2.62 bits per heavy atom. The second kappa shape index (κ2) is 8.52. The first-order chi connectivity index (χ1) is 11.7. The van der Waals surface area contributed by atoms with Gasteiger partial charge in [-0.1, -0.05) is 6.42 Å². The van der Waals surface area contributed by atoms with E-state index in [9.17, 15) is 0 Å². The zero-order chi connectivity index (χ0) is 16.8. The van der Waals surface area contributed by atoms with Crippen molar-refractivity contribution in [3.63, 3.8) is 0 Å². The van der Waals surface area contributed by atoms with Gasteiger partial charge in [0.2, 0.25) is 0 Å². The van der Waals surface area contributed by atoms with E-state index in [4.69, 9.17) is 4.99 Å². The highest BCUT2D eigenvalue weighted by Gasteiger charge is 2.43. The normalized spacial score (nSPS) is 25.8. The van der Waals surface area contributed by atoms with Gasteiger partial charge in [0.1, 0.15) is 0 Å². The number of hydrogen-bond donors (Lipinski definition) is 1. The molecule has 0 bridgehead atoms. The van der Waals surface area contributed by atoms with Gasteiger partial charge in [-0.15, -0.1) is 0 Å². The molecule has 0 aromatic heterocycles. The molecule has 5 heteroatoms. The van der Waals surface area contributed by atoms with Crippen LogP contribution in [0, 0.1) is 5.41 Å². The van der Waals surface area contributed by atoms with Crippen molar-refractivity contribution in [2.75, 3.05) is 66.0 Å². The van der Waals surface area contributed by atoms with Crippen molar-refractivity contribution in [2.24, 2.45) is 10.4 Å². The lowest BCUT2D eigenvalue weighted by Gasteiger charge is -2.38. The van der Waals surface area contributed by atoms with Gasteiger partial charge in [0.15, 0.2) is 5.96 Å². The fourth-order valence-corrected chi connectivity index (χ4v) is 4.43. The van der Waals surface area contributed by atoms with E-state index in [2.05, 4.69) is 34.0 Å². The standard InChI is InChI=1S/C19H37N5/c1-3-20-18(24-14-9-19(17-24)7-4-8-19)21-10-5-12-23-13-6-11-22(2)15-16-23/h3-17H2,1-2H3,(H,20,21). The minimum atomic E-state index is 0.647. The van der Waals surface area contributed by atoms with Crippen LogP contribution >= 0.6 is 0 Å².